The zero-order chi connectivity index (χ0) is 16.5. The van der Waals surface area contributed by atoms with Gasteiger partial charge in [0.15, 0.2) is 0 Å². The molecule has 2 atom stereocenters. The van der Waals surface area contributed by atoms with Crippen LogP contribution in [0.5, 0.6) is 0 Å². The molecule has 6 heteroatoms. The molecule has 2 unspecified atom stereocenters. The molecule has 0 aliphatic carbocycles. The van der Waals surface area contributed by atoms with E-state index in [4.69, 9.17) is 11.6 Å². The summed E-state index contributed by atoms with van der Waals surface area (Å²) in [4.78, 5) is 15.0. The second-order valence-corrected chi connectivity index (χ2v) is 7.02. The van der Waals surface area contributed by atoms with Gasteiger partial charge < -0.3 is 10.2 Å². The topological polar surface area (TPSA) is 50.2 Å². The number of aromatic nitrogens is 2. The normalized spacial score (nSPS) is 23.3. The first-order valence-electron chi connectivity index (χ1n) is 8.51. The Labute approximate surface area is 146 Å². The number of halogens is 1. The van der Waals surface area contributed by atoms with E-state index in [-0.39, 0.29) is 5.91 Å². The number of nitrogens with zero attached hydrogens (tertiary/aromatic N) is 3. The van der Waals surface area contributed by atoms with E-state index in [9.17, 15) is 4.79 Å². The lowest BCUT2D eigenvalue weighted by Crippen LogP contribution is -2.42. The fraction of sp³-hybridized carbons (Fsp3) is 0.444. The van der Waals surface area contributed by atoms with Gasteiger partial charge in [0.25, 0.3) is 5.91 Å². The molecular formula is C18H21ClN4O. The molecule has 2 bridgehead atoms. The molecule has 3 heterocycles. The number of rotatable bonds is 3. The van der Waals surface area contributed by atoms with Crippen LogP contribution >= 0.6 is 11.6 Å². The van der Waals surface area contributed by atoms with Crippen LogP contribution in [0, 0.1) is 0 Å². The SMILES string of the molecule is O=C(c1cnn(Cc2ccccc2Cl)c1)N1C2CCNCC1CC2. The van der Waals surface area contributed by atoms with Crippen molar-refractivity contribution in [2.45, 2.75) is 37.9 Å². The van der Waals surface area contributed by atoms with E-state index in [0.29, 0.717) is 24.2 Å². The molecule has 24 heavy (non-hydrogen) atoms. The molecule has 2 aliphatic heterocycles. The van der Waals surface area contributed by atoms with Crippen molar-refractivity contribution in [2.24, 2.45) is 0 Å². The van der Waals surface area contributed by atoms with Crippen LogP contribution in [0.3, 0.4) is 0 Å². The Bertz CT molecular complexity index is 730. The van der Waals surface area contributed by atoms with E-state index < -0.39 is 0 Å². The Kier molecular flexibility index (Phi) is 4.29. The number of benzene rings is 1. The Morgan fingerprint density at radius 2 is 2.08 bits per heavy atom. The number of hydrogen-bond donors (Lipinski definition) is 1. The van der Waals surface area contributed by atoms with Gasteiger partial charge in [0.05, 0.1) is 18.3 Å². The minimum Gasteiger partial charge on any atom is -0.331 e. The van der Waals surface area contributed by atoms with Gasteiger partial charge in [0.1, 0.15) is 0 Å². The van der Waals surface area contributed by atoms with Crippen molar-refractivity contribution in [1.82, 2.24) is 20.0 Å². The second kappa shape index (κ2) is 6.57. The minimum atomic E-state index is 0.108. The van der Waals surface area contributed by atoms with Gasteiger partial charge in [-0.05, 0) is 37.4 Å². The quantitative estimate of drug-likeness (QED) is 0.931. The highest BCUT2D eigenvalue weighted by atomic mass is 35.5. The van der Waals surface area contributed by atoms with Crippen LogP contribution in [0.4, 0.5) is 0 Å². The van der Waals surface area contributed by atoms with Crippen molar-refractivity contribution >= 4 is 17.5 Å². The molecule has 2 saturated heterocycles. The number of carbonyl (C=O) groups excluding carboxylic acids is 1. The third-order valence-corrected chi connectivity index (χ3v) is 5.43. The first-order valence-corrected chi connectivity index (χ1v) is 8.89. The highest BCUT2D eigenvalue weighted by molar-refractivity contribution is 6.31. The Morgan fingerprint density at radius 3 is 2.96 bits per heavy atom. The number of nitrogens with one attached hydrogen (secondary N) is 1. The third-order valence-electron chi connectivity index (χ3n) is 5.06. The number of carbonyl (C=O) groups is 1. The first kappa shape index (κ1) is 15.7. The van der Waals surface area contributed by atoms with Crippen molar-refractivity contribution in [1.29, 1.82) is 0 Å². The molecule has 126 valence electrons. The van der Waals surface area contributed by atoms with Crippen LogP contribution in [0.15, 0.2) is 36.7 Å². The smallest absolute Gasteiger partial charge is 0.257 e. The maximum Gasteiger partial charge on any atom is 0.257 e. The summed E-state index contributed by atoms with van der Waals surface area (Å²) in [7, 11) is 0. The van der Waals surface area contributed by atoms with E-state index in [1.54, 1.807) is 10.9 Å². The molecule has 5 nitrogen and oxygen atoms in total. The van der Waals surface area contributed by atoms with Crippen LogP contribution in [-0.2, 0) is 6.54 Å². The van der Waals surface area contributed by atoms with Gasteiger partial charge in [-0.2, -0.15) is 5.10 Å². The lowest BCUT2D eigenvalue weighted by molar-refractivity contribution is 0.0680. The standard InChI is InChI=1S/C18H21ClN4O/c19-17-4-2-1-3-13(17)11-22-12-14(9-21-22)18(24)23-15-5-6-16(23)10-20-8-7-15/h1-4,9,12,15-16,20H,5-8,10-11H2. The summed E-state index contributed by atoms with van der Waals surface area (Å²) >= 11 is 6.21. The molecule has 1 aromatic carbocycles. The monoisotopic (exact) mass is 344 g/mol. The largest absolute Gasteiger partial charge is 0.331 e. The number of hydrogen-bond acceptors (Lipinski definition) is 3. The Morgan fingerprint density at radius 1 is 1.25 bits per heavy atom. The molecule has 2 aliphatic rings. The van der Waals surface area contributed by atoms with Crippen molar-refractivity contribution in [3.63, 3.8) is 0 Å². The van der Waals surface area contributed by atoms with E-state index >= 15 is 0 Å². The summed E-state index contributed by atoms with van der Waals surface area (Å²) in [6.07, 6.45) is 6.76. The Balaban J connectivity index is 1.52. The summed E-state index contributed by atoms with van der Waals surface area (Å²) in [6.45, 7) is 2.47. The van der Waals surface area contributed by atoms with Crippen molar-refractivity contribution in [3.8, 4) is 0 Å². The Hall–Kier alpha value is -1.85. The van der Waals surface area contributed by atoms with Crippen LogP contribution in [0.25, 0.3) is 0 Å². The van der Waals surface area contributed by atoms with Crippen LogP contribution < -0.4 is 5.32 Å². The minimum absolute atomic E-state index is 0.108. The average Bonchev–Trinajstić information content (AvgIpc) is 3.12. The van der Waals surface area contributed by atoms with Crippen LogP contribution in [-0.4, -0.2) is 45.8 Å². The first-order chi connectivity index (χ1) is 11.7. The van der Waals surface area contributed by atoms with Crippen molar-refractivity contribution in [3.05, 3.63) is 52.8 Å². The van der Waals surface area contributed by atoms with Gasteiger partial charge in [-0.1, -0.05) is 29.8 Å². The molecule has 1 aromatic heterocycles. The zero-order valence-electron chi connectivity index (χ0n) is 13.5. The molecule has 2 fully saturated rings. The number of fused-ring (bicyclic) bond motifs is 2. The second-order valence-electron chi connectivity index (χ2n) is 6.61. The van der Waals surface area contributed by atoms with Gasteiger partial charge in [0.2, 0.25) is 0 Å². The summed E-state index contributed by atoms with van der Waals surface area (Å²) in [5.41, 5.74) is 1.67. The fourth-order valence-corrected chi connectivity index (χ4v) is 4.02. The van der Waals surface area contributed by atoms with Crippen LogP contribution in [0.2, 0.25) is 5.02 Å². The maximum absolute atomic E-state index is 13.0. The van der Waals surface area contributed by atoms with Gasteiger partial charge in [0, 0.05) is 29.8 Å². The molecule has 2 aromatic rings. The molecule has 0 spiro atoms. The van der Waals surface area contributed by atoms with E-state index in [2.05, 4.69) is 15.3 Å². The predicted molar refractivity (Wildman–Crippen MR) is 93.2 cm³/mol. The third kappa shape index (κ3) is 2.94. The predicted octanol–water partition coefficient (Wildman–Crippen LogP) is 2.55. The van der Waals surface area contributed by atoms with E-state index in [1.165, 1.54) is 0 Å². The van der Waals surface area contributed by atoms with Gasteiger partial charge in [-0.25, -0.2) is 0 Å². The maximum atomic E-state index is 13.0. The van der Waals surface area contributed by atoms with Gasteiger partial charge in [-0.15, -0.1) is 0 Å². The van der Waals surface area contributed by atoms with Gasteiger partial charge in [-0.3, -0.25) is 9.48 Å². The molecule has 1 amide bonds. The average molecular weight is 345 g/mol. The highest BCUT2D eigenvalue weighted by Crippen LogP contribution is 2.29. The van der Waals surface area contributed by atoms with Crippen molar-refractivity contribution < 1.29 is 4.79 Å². The molecule has 1 N–H and O–H groups in total. The fourth-order valence-electron chi connectivity index (χ4n) is 3.82. The summed E-state index contributed by atoms with van der Waals surface area (Å²) in [5, 5.41) is 8.51. The van der Waals surface area contributed by atoms with Gasteiger partial charge >= 0.3 is 0 Å². The summed E-state index contributed by atoms with van der Waals surface area (Å²) in [5.74, 6) is 0.108. The molecular weight excluding hydrogens is 324 g/mol. The van der Waals surface area contributed by atoms with Crippen molar-refractivity contribution in [2.75, 3.05) is 13.1 Å². The molecule has 0 radical (unpaired) electrons. The van der Waals surface area contributed by atoms with E-state index in [0.717, 1.165) is 42.9 Å². The lowest BCUT2D eigenvalue weighted by atomic mass is 10.1. The lowest BCUT2D eigenvalue weighted by Gasteiger charge is -2.27. The summed E-state index contributed by atoms with van der Waals surface area (Å²) < 4.78 is 1.78. The van der Waals surface area contributed by atoms with Crippen LogP contribution in [0.1, 0.15) is 35.2 Å². The zero-order valence-corrected chi connectivity index (χ0v) is 14.2. The molecule has 0 saturated carbocycles. The number of amides is 1. The molecule has 4 rings (SSSR count). The summed E-state index contributed by atoms with van der Waals surface area (Å²) in [6, 6.07) is 8.40. The highest BCUT2D eigenvalue weighted by Gasteiger charge is 2.38. The van der Waals surface area contributed by atoms with E-state index in [1.807, 2.05) is 30.5 Å².